The van der Waals surface area contributed by atoms with Crippen LogP contribution in [0.2, 0.25) is 0 Å². The van der Waals surface area contributed by atoms with Crippen LogP contribution in [0.5, 0.6) is 10.8 Å². The molecule has 2 aromatic heterocycles. The third kappa shape index (κ3) is 11.5. The summed E-state index contributed by atoms with van der Waals surface area (Å²) in [5, 5.41) is 11.0. The Balaban J connectivity index is 0.000000779. The minimum absolute atomic E-state index is 0. The smallest absolute Gasteiger partial charge is 0.350 e. The Hall–Kier alpha value is -1.48. The van der Waals surface area contributed by atoms with E-state index in [-0.39, 0.29) is 55.9 Å². The van der Waals surface area contributed by atoms with Crippen molar-refractivity contribution in [1.82, 2.24) is 0 Å². The summed E-state index contributed by atoms with van der Waals surface area (Å²) in [5.41, 5.74) is 2.53. The monoisotopic (exact) mass is 553 g/mol. The van der Waals surface area contributed by atoms with Gasteiger partial charge in [-0.05, 0) is 38.3 Å². The quantitative estimate of drug-likeness (QED) is 0.257. The summed E-state index contributed by atoms with van der Waals surface area (Å²) in [5.74, 6) is -0.836. The van der Waals surface area contributed by atoms with Crippen molar-refractivity contribution in [2.75, 3.05) is 13.7 Å². The number of thiophene rings is 1. The van der Waals surface area contributed by atoms with Gasteiger partial charge >= 0.3 is 5.63 Å². The molecule has 0 spiro atoms. The SMILES string of the molecule is CCCOc1ccc(C)s1.CO[N-]/C=C\CCC(C)c1cc(O)c(C(=O)C(C)C)c(=O)o1.[Y]. The van der Waals surface area contributed by atoms with Gasteiger partial charge in [0.15, 0.2) is 10.8 Å². The standard InChI is InChI=1S/C16H22NO5.C8H12OS.Y/c1-10(2)15(19)14-12(18)9-13(22-16(14)20)11(3)7-5-6-8-17-21-4;1-3-6-9-8-5-4-7(2)10-8;/h6,8-11H,5,7H2,1-4H3,(H,18,19,20);4-5H,3,6H2,1-2H3;/q-1;;/b8-6-;;. The third-order valence-corrected chi connectivity index (χ3v) is 5.32. The van der Waals surface area contributed by atoms with E-state index in [9.17, 15) is 14.7 Å². The van der Waals surface area contributed by atoms with Gasteiger partial charge in [0.05, 0.1) is 6.61 Å². The second-order valence-corrected chi connectivity index (χ2v) is 8.83. The van der Waals surface area contributed by atoms with E-state index in [1.807, 2.05) is 19.1 Å². The molecule has 1 radical (unpaired) electrons. The van der Waals surface area contributed by atoms with Gasteiger partial charge in [-0.15, -0.1) is 17.4 Å². The van der Waals surface area contributed by atoms with Gasteiger partial charge in [0, 0.05) is 62.6 Å². The predicted molar refractivity (Wildman–Crippen MR) is 128 cm³/mol. The average Bonchev–Trinajstić information content (AvgIpc) is 3.16. The molecule has 0 fully saturated rings. The minimum Gasteiger partial charge on any atom is -0.569 e. The zero-order chi connectivity index (χ0) is 24.1. The number of ether oxygens (including phenoxy) is 1. The van der Waals surface area contributed by atoms with Crippen LogP contribution < -0.4 is 10.4 Å². The number of ketones is 1. The third-order valence-electron chi connectivity index (χ3n) is 4.41. The van der Waals surface area contributed by atoms with Gasteiger partial charge in [-0.2, -0.15) is 6.20 Å². The van der Waals surface area contributed by atoms with E-state index in [1.165, 1.54) is 18.1 Å². The summed E-state index contributed by atoms with van der Waals surface area (Å²) in [7, 11) is 1.46. The molecule has 2 heterocycles. The molecule has 0 aliphatic heterocycles. The van der Waals surface area contributed by atoms with E-state index in [0.717, 1.165) is 18.1 Å². The van der Waals surface area contributed by atoms with E-state index in [1.54, 1.807) is 31.4 Å². The van der Waals surface area contributed by atoms with Crippen molar-refractivity contribution >= 4 is 17.1 Å². The fourth-order valence-corrected chi connectivity index (χ4v) is 3.35. The Kier molecular flexibility index (Phi) is 16.3. The van der Waals surface area contributed by atoms with E-state index < -0.39 is 11.4 Å². The van der Waals surface area contributed by atoms with E-state index in [2.05, 4.69) is 30.2 Å². The molecule has 1 N–H and O–H groups in total. The molecule has 9 heteroatoms. The predicted octanol–water partition coefficient (Wildman–Crippen LogP) is 6.36. The molecule has 7 nitrogen and oxygen atoms in total. The maximum Gasteiger partial charge on any atom is 0.350 e. The molecule has 2 rings (SSSR count). The van der Waals surface area contributed by atoms with Crippen molar-refractivity contribution in [3.8, 4) is 10.8 Å². The first-order valence-electron chi connectivity index (χ1n) is 10.7. The number of hydrogen-bond acceptors (Lipinski definition) is 7. The molecule has 1 atom stereocenters. The van der Waals surface area contributed by atoms with Crippen LogP contribution in [0.3, 0.4) is 0 Å². The largest absolute Gasteiger partial charge is 0.569 e. The molecular weight excluding hydrogens is 519 g/mol. The van der Waals surface area contributed by atoms with Gasteiger partial charge in [0.25, 0.3) is 0 Å². The zero-order valence-electron chi connectivity index (χ0n) is 20.3. The van der Waals surface area contributed by atoms with Gasteiger partial charge in [-0.25, -0.2) is 4.79 Å². The van der Waals surface area contributed by atoms with Crippen LogP contribution in [0.1, 0.15) is 73.9 Å². The molecule has 33 heavy (non-hydrogen) atoms. The average molecular weight is 554 g/mol. The first kappa shape index (κ1) is 31.5. The van der Waals surface area contributed by atoms with Crippen LogP contribution in [0.4, 0.5) is 0 Å². The number of nitrogens with zero attached hydrogens (tertiary/aromatic N) is 1. The second-order valence-electron chi connectivity index (χ2n) is 7.58. The van der Waals surface area contributed by atoms with Crippen LogP contribution in [0.15, 0.2) is 39.7 Å². The molecule has 2 aromatic rings. The Morgan fingerprint density at radius 3 is 2.52 bits per heavy atom. The van der Waals surface area contributed by atoms with E-state index in [4.69, 9.17) is 9.15 Å². The summed E-state index contributed by atoms with van der Waals surface area (Å²) in [6.45, 7) is 10.2. The van der Waals surface area contributed by atoms with Crippen molar-refractivity contribution < 1.29 is 56.6 Å². The topological polar surface area (TPSA) is 100 Å². The summed E-state index contributed by atoms with van der Waals surface area (Å²) in [6, 6.07) is 5.45. The fraction of sp³-hybridized carbons (Fsp3) is 0.500. The van der Waals surface area contributed by atoms with Crippen LogP contribution in [0, 0.1) is 12.8 Å². The maximum atomic E-state index is 11.9. The molecule has 0 bridgehead atoms. The molecule has 181 valence electrons. The number of hydroxylamine groups is 1. The number of rotatable bonds is 11. The van der Waals surface area contributed by atoms with Crippen LogP contribution >= 0.6 is 11.3 Å². The minimum atomic E-state index is -0.787. The number of aromatic hydroxyl groups is 1. The van der Waals surface area contributed by atoms with Gasteiger partial charge in [-0.3, -0.25) is 4.79 Å². The molecule has 0 saturated carbocycles. The Labute approximate surface area is 225 Å². The van der Waals surface area contributed by atoms with Crippen molar-refractivity contribution in [2.24, 2.45) is 5.92 Å². The number of carbonyl (C=O) groups is 1. The molecule has 0 saturated heterocycles. The van der Waals surface area contributed by atoms with Crippen LogP contribution in [0.25, 0.3) is 5.48 Å². The van der Waals surface area contributed by atoms with Crippen molar-refractivity contribution in [3.05, 3.63) is 62.6 Å². The molecule has 0 amide bonds. The summed E-state index contributed by atoms with van der Waals surface area (Å²) < 4.78 is 10.6. The molecule has 1 unspecified atom stereocenters. The van der Waals surface area contributed by atoms with Gasteiger partial charge in [0.1, 0.15) is 17.1 Å². The molecule has 0 aromatic carbocycles. The first-order chi connectivity index (χ1) is 15.2. The van der Waals surface area contributed by atoms with Crippen molar-refractivity contribution in [1.29, 1.82) is 0 Å². The maximum absolute atomic E-state index is 11.9. The fourth-order valence-electron chi connectivity index (χ4n) is 2.62. The Morgan fingerprint density at radius 2 is 2.00 bits per heavy atom. The zero-order valence-corrected chi connectivity index (χ0v) is 23.9. The van der Waals surface area contributed by atoms with Crippen molar-refractivity contribution in [2.45, 2.75) is 59.8 Å². The number of allylic oxidation sites excluding steroid dienone is 1. The first-order valence-corrected chi connectivity index (χ1v) is 11.5. The van der Waals surface area contributed by atoms with Gasteiger partial charge < -0.3 is 24.6 Å². The molecule has 0 aliphatic carbocycles. The molecule has 0 aliphatic rings. The number of hydrogen-bond donors (Lipinski definition) is 1. The van der Waals surface area contributed by atoms with Gasteiger partial charge in [-0.1, -0.05) is 27.7 Å². The van der Waals surface area contributed by atoms with Gasteiger partial charge in [0.2, 0.25) is 0 Å². The summed E-state index contributed by atoms with van der Waals surface area (Å²) >= 11 is 1.71. The number of carbonyl (C=O) groups excluding carboxylic acids is 1. The van der Waals surface area contributed by atoms with E-state index in [0.29, 0.717) is 18.6 Å². The second kappa shape index (κ2) is 17.0. The van der Waals surface area contributed by atoms with Crippen molar-refractivity contribution in [3.63, 3.8) is 0 Å². The number of aryl methyl sites for hydroxylation is 1. The Morgan fingerprint density at radius 1 is 1.30 bits per heavy atom. The number of Topliss-reactive ketones (excluding diaryl/α,β-unsaturated/α-hetero) is 1. The Bertz CT molecular complexity index is 922. The molecular formula is C24H34NO6SY-. The summed E-state index contributed by atoms with van der Waals surface area (Å²) in [6.07, 6.45) is 5.87. The van der Waals surface area contributed by atoms with E-state index >= 15 is 0 Å². The summed E-state index contributed by atoms with van der Waals surface area (Å²) in [4.78, 5) is 29.7. The van der Waals surface area contributed by atoms with Crippen LogP contribution in [-0.4, -0.2) is 24.6 Å². The normalized spacial score (nSPS) is 11.5. The van der Waals surface area contributed by atoms with Crippen LogP contribution in [-0.2, 0) is 37.5 Å².